The van der Waals surface area contributed by atoms with Crippen molar-refractivity contribution in [2.75, 3.05) is 13.7 Å². The summed E-state index contributed by atoms with van der Waals surface area (Å²) >= 11 is 0. The number of benzene rings is 1. The lowest BCUT2D eigenvalue weighted by atomic mass is 9.96. The van der Waals surface area contributed by atoms with Gasteiger partial charge in [0, 0.05) is 27.7 Å². The third-order valence-corrected chi connectivity index (χ3v) is 4.38. The zero-order valence-corrected chi connectivity index (χ0v) is 18.5. The third-order valence-electron chi connectivity index (χ3n) is 4.38. The Hall–Kier alpha value is -3.34. The molecular formula is C21H27NO10. The van der Waals surface area contributed by atoms with Gasteiger partial charge in [-0.15, -0.1) is 0 Å². The monoisotopic (exact) mass is 453 g/mol. The van der Waals surface area contributed by atoms with Gasteiger partial charge in [0.15, 0.2) is 12.2 Å². The van der Waals surface area contributed by atoms with Crippen molar-refractivity contribution in [2.24, 2.45) is 0 Å². The van der Waals surface area contributed by atoms with Crippen LogP contribution in [0, 0.1) is 0 Å². The second-order valence-corrected chi connectivity index (χ2v) is 7.01. The van der Waals surface area contributed by atoms with E-state index in [2.05, 4.69) is 5.32 Å². The molecule has 11 nitrogen and oxygen atoms in total. The SMILES string of the molecule is COc1ccc(OC2OC(COC(C)=O)[C@@H](OC(C)=O)[C@H](OC(C)=O)C2NC(C)=O)cc1. The van der Waals surface area contributed by atoms with Crippen LogP contribution in [0.3, 0.4) is 0 Å². The van der Waals surface area contributed by atoms with Crippen LogP contribution in [0.2, 0.25) is 0 Å². The van der Waals surface area contributed by atoms with E-state index in [0.717, 1.165) is 0 Å². The number of methoxy groups -OCH3 is 1. The molecule has 1 aliphatic heterocycles. The summed E-state index contributed by atoms with van der Waals surface area (Å²) in [5.41, 5.74) is 0. The zero-order valence-electron chi connectivity index (χ0n) is 18.5. The average molecular weight is 453 g/mol. The van der Waals surface area contributed by atoms with Crippen LogP contribution >= 0.6 is 0 Å². The van der Waals surface area contributed by atoms with E-state index in [1.807, 2.05) is 0 Å². The van der Waals surface area contributed by atoms with E-state index in [0.29, 0.717) is 11.5 Å². The van der Waals surface area contributed by atoms with Crippen molar-refractivity contribution >= 4 is 23.8 Å². The van der Waals surface area contributed by atoms with Crippen molar-refractivity contribution in [2.45, 2.75) is 58.3 Å². The molecule has 0 aromatic heterocycles. The molecule has 1 aromatic rings. The molecule has 1 N–H and O–H groups in total. The second kappa shape index (κ2) is 11.3. The molecule has 176 valence electrons. The summed E-state index contributed by atoms with van der Waals surface area (Å²) in [6.45, 7) is 4.51. The molecule has 32 heavy (non-hydrogen) atoms. The summed E-state index contributed by atoms with van der Waals surface area (Å²) in [5, 5.41) is 2.63. The minimum Gasteiger partial charge on any atom is -0.497 e. The van der Waals surface area contributed by atoms with Gasteiger partial charge in [-0.1, -0.05) is 0 Å². The van der Waals surface area contributed by atoms with Crippen molar-refractivity contribution in [1.29, 1.82) is 0 Å². The summed E-state index contributed by atoms with van der Waals surface area (Å²) < 4.78 is 32.7. The molecule has 0 saturated carbocycles. The molecule has 1 heterocycles. The normalized spacial score (nSPS) is 24.6. The standard InChI is InChI=1S/C21H27NO10/c1-11(23)22-18-20(30-14(4)26)19(29-13(3)25)17(10-28-12(2)24)32-21(18)31-16-8-6-15(27-5)7-9-16/h6-9,17-21H,10H2,1-5H3,(H,22,23)/t17?,18?,19-,20-,21?/m1/s1. The maximum absolute atomic E-state index is 11.9. The van der Waals surface area contributed by atoms with Crippen LogP contribution in [0.4, 0.5) is 0 Å². The largest absolute Gasteiger partial charge is 0.497 e. The van der Waals surface area contributed by atoms with Gasteiger partial charge in [0.25, 0.3) is 0 Å². The quantitative estimate of drug-likeness (QED) is 0.443. The van der Waals surface area contributed by atoms with Crippen LogP contribution in [0.1, 0.15) is 27.7 Å². The predicted octanol–water partition coefficient (Wildman–Crippen LogP) is 0.730. The first-order valence-corrected chi connectivity index (χ1v) is 9.81. The number of nitrogens with one attached hydrogen (secondary N) is 1. The van der Waals surface area contributed by atoms with Gasteiger partial charge in [-0.05, 0) is 24.3 Å². The van der Waals surface area contributed by atoms with E-state index in [4.69, 9.17) is 28.4 Å². The van der Waals surface area contributed by atoms with E-state index in [9.17, 15) is 19.2 Å². The van der Waals surface area contributed by atoms with Crippen LogP contribution in [0.25, 0.3) is 0 Å². The highest BCUT2D eigenvalue weighted by Gasteiger charge is 2.51. The number of rotatable bonds is 8. The minimum atomic E-state index is -1.18. The Labute approximate surface area is 185 Å². The maximum Gasteiger partial charge on any atom is 0.303 e. The highest BCUT2D eigenvalue weighted by Crippen LogP contribution is 2.29. The van der Waals surface area contributed by atoms with Crippen LogP contribution in [-0.2, 0) is 38.1 Å². The first kappa shape index (κ1) is 24.9. The van der Waals surface area contributed by atoms with E-state index in [1.54, 1.807) is 24.3 Å². The van der Waals surface area contributed by atoms with E-state index in [-0.39, 0.29) is 6.61 Å². The molecule has 0 spiro atoms. The first-order chi connectivity index (χ1) is 15.1. The molecule has 1 aliphatic rings. The number of esters is 3. The molecule has 2 rings (SSSR count). The third kappa shape index (κ3) is 7.12. The molecule has 3 unspecified atom stereocenters. The summed E-state index contributed by atoms with van der Waals surface area (Å²) in [7, 11) is 1.52. The summed E-state index contributed by atoms with van der Waals surface area (Å²) in [6, 6.07) is 5.51. The fraction of sp³-hybridized carbons (Fsp3) is 0.524. The van der Waals surface area contributed by atoms with Gasteiger partial charge in [-0.3, -0.25) is 19.2 Å². The lowest BCUT2D eigenvalue weighted by Crippen LogP contribution is -2.67. The van der Waals surface area contributed by atoms with Crippen molar-refractivity contribution in [3.05, 3.63) is 24.3 Å². The van der Waals surface area contributed by atoms with Gasteiger partial charge in [0.05, 0.1) is 7.11 Å². The average Bonchev–Trinajstić information content (AvgIpc) is 2.70. The maximum atomic E-state index is 11.9. The van der Waals surface area contributed by atoms with Crippen LogP contribution in [0.5, 0.6) is 11.5 Å². The van der Waals surface area contributed by atoms with Crippen molar-refractivity contribution in [3.63, 3.8) is 0 Å². The van der Waals surface area contributed by atoms with Gasteiger partial charge in [-0.2, -0.15) is 0 Å². The lowest BCUT2D eigenvalue weighted by molar-refractivity contribution is -0.257. The van der Waals surface area contributed by atoms with E-state index >= 15 is 0 Å². The number of ether oxygens (including phenoxy) is 6. The van der Waals surface area contributed by atoms with Crippen LogP contribution in [0.15, 0.2) is 24.3 Å². The van der Waals surface area contributed by atoms with Gasteiger partial charge in [0.1, 0.15) is 30.3 Å². The van der Waals surface area contributed by atoms with Gasteiger partial charge < -0.3 is 33.7 Å². The van der Waals surface area contributed by atoms with E-state index < -0.39 is 54.5 Å². The molecular weight excluding hydrogens is 426 g/mol. The Morgan fingerprint density at radius 1 is 0.875 bits per heavy atom. The molecule has 0 radical (unpaired) electrons. The van der Waals surface area contributed by atoms with Crippen molar-refractivity contribution in [3.8, 4) is 11.5 Å². The molecule has 11 heteroatoms. The predicted molar refractivity (Wildman–Crippen MR) is 108 cm³/mol. The first-order valence-electron chi connectivity index (χ1n) is 9.81. The molecule has 1 amide bonds. The topological polar surface area (TPSA) is 136 Å². The highest BCUT2D eigenvalue weighted by molar-refractivity contribution is 5.73. The molecule has 1 aromatic carbocycles. The summed E-state index contributed by atoms with van der Waals surface area (Å²) in [4.78, 5) is 46.8. The Morgan fingerprint density at radius 3 is 1.94 bits per heavy atom. The molecule has 1 fully saturated rings. The number of carbonyl (C=O) groups is 4. The van der Waals surface area contributed by atoms with Gasteiger partial charge in [0.2, 0.25) is 12.2 Å². The minimum absolute atomic E-state index is 0.305. The second-order valence-electron chi connectivity index (χ2n) is 7.01. The Bertz CT molecular complexity index is 824. The fourth-order valence-electron chi connectivity index (χ4n) is 3.18. The van der Waals surface area contributed by atoms with E-state index in [1.165, 1.54) is 34.8 Å². The number of amides is 1. The Kier molecular flexibility index (Phi) is 8.82. The number of carbonyl (C=O) groups excluding carboxylic acids is 4. The molecule has 5 atom stereocenters. The summed E-state index contributed by atoms with van der Waals surface area (Å²) in [6.07, 6.45) is -4.58. The van der Waals surface area contributed by atoms with Crippen LogP contribution in [-0.4, -0.2) is 68.2 Å². The highest BCUT2D eigenvalue weighted by atomic mass is 16.7. The smallest absolute Gasteiger partial charge is 0.303 e. The van der Waals surface area contributed by atoms with Crippen molar-refractivity contribution in [1.82, 2.24) is 5.32 Å². The molecule has 0 bridgehead atoms. The lowest BCUT2D eigenvalue weighted by Gasteiger charge is -2.44. The zero-order chi connectivity index (χ0) is 23.8. The number of hydrogen-bond acceptors (Lipinski definition) is 10. The summed E-state index contributed by atoms with van der Waals surface area (Å²) in [5.74, 6) is -1.45. The molecule has 1 saturated heterocycles. The van der Waals surface area contributed by atoms with Crippen molar-refractivity contribution < 1.29 is 47.6 Å². The molecule has 0 aliphatic carbocycles. The van der Waals surface area contributed by atoms with Gasteiger partial charge >= 0.3 is 17.9 Å². The number of hydrogen-bond donors (Lipinski definition) is 1. The Morgan fingerprint density at radius 2 is 1.44 bits per heavy atom. The fourth-order valence-corrected chi connectivity index (χ4v) is 3.18. The Balaban J connectivity index is 2.42. The van der Waals surface area contributed by atoms with Gasteiger partial charge in [-0.25, -0.2) is 0 Å². The van der Waals surface area contributed by atoms with Crippen LogP contribution < -0.4 is 14.8 Å².